The minimum absolute atomic E-state index is 0.267. The summed E-state index contributed by atoms with van der Waals surface area (Å²) in [7, 11) is 1.55. The van der Waals surface area contributed by atoms with Crippen LogP contribution in [0.4, 0.5) is 0 Å². The van der Waals surface area contributed by atoms with Gasteiger partial charge in [0, 0.05) is 17.6 Å². The maximum Gasteiger partial charge on any atom is 0.233 e. The Kier molecular flexibility index (Phi) is 3.72. The molecule has 0 amide bonds. The van der Waals surface area contributed by atoms with Crippen LogP contribution in [0.1, 0.15) is 17.3 Å². The van der Waals surface area contributed by atoms with Crippen LogP contribution < -0.4 is 16.0 Å². The summed E-state index contributed by atoms with van der Waals surface area (Å²) in [6, 6.07) is 13.2. The number of pyridine rings is 1. The van der Waals surface area contributed by atoms with E-state index in [0.717, 1.165) is 22.2 Å². The standard InChI is InChI=1S/C15H15N5O/c1-21-14-8-7-13(19-20-14)15(18-16)11-4-2-6-12-10(11)5-3-9-17-12/h2-9,15,18H,16H2,1H3. The van der Waals surface area contributed by atoms with Crippen molar-refractivity contribution in [3.05, 3.63) is 59.9 Å². The number of nitrogens with one attached hydrogen (secondary N) is 1. The molecule has 0 bridgehead atoms. The van der Waals surface area contributed by atoms with Crippen LogP contribution >= 0.6 is 0 Å². The summed E-state index contributed by atoms with van der Waals surface area (Å²) in [5.74, 6) is 6.20. The highest BCUT2D eigenvalue weighted by Gasteiger charge is 2.17. The lowest BCUT2D eigenvalue weighted by molar-refractivity contribution is 0.390. The van der Waals surface area contributed by atoms with E-state index in [1.54, 1.807) is 19.4 Å². The lowest BCUT2D eigenvalue weighted by atomic mass is 9.99. The smallest absolute Gasteiger partial charge is 0.233 e. The molecule has 6 heteroatoms. The highest BCUT2D eigenvalue weighted by Crippen LogP contribution is 2.26. The summed E-state index contributed by atoms with van der Waals surface area (Å²) in [5.41, 5.74) is 5.43. The van der Waals surface area contributed by atoms with Crippen molar-refractivity contribution in [3.8, 4) is 5.88 Å². The van der Waals surface area contributed by atoms with Crippen molar-refractivity contribution < 1.29 is 4.74 Å². The zero-order valence-electron chi connectivity index (χ0n) is 11.5. The van der Waals surface area contributed by atoms with Gasteiger partial charge in [0.25, 0.3) is 0 Å². The summed E-state index contributed by atoms with van der Waals surface area (Å²) >= 11 is 0. The molecule has 0 aliphatic carbocycles. The van der Waals surface area contributed by atoms with Crippen molar-refractivity contribution in [3.63, 3.8) is 0 Å². The third kappa shape index (κ3) is 2.54. The van der Waals surface area contributed by atoms with Crippen LogP contribution in [0.25, 0.3) is 10.9 Å². The molecular formula is C15H15N5O. The SMILES string of the molecule is COc1ccc(C(NN)c2cccc3ncccc23)nn1. The van der Waals surface area contributed by atoms with Gasteiger partial charge in [0.1, 0.15) is 0 Å². The largest absolute Gasteiger partial charge is 0.480 e. The molecule has 3 N–H and O–H groups in total. The second-order valence-electron chi connectivity index (χ2n) is 4.52. The fourth-order valence-corrected chi connectivity index (χ4v) is 2.31. The van der Waals surface area contributed by atoms with Gasteiger partial charge in [-0.25, -0.2) is 5.43 Å². The van der Waals surface area contributed by atoms with Gasteiger partial charge in [-0.2, -0.15) is 0 Å². The van der Waals surface area contributed by atoms with Crippen LogP contribution in [0.5, 0.6) is 5.88 Å². The maximum absolute atomic E-state index is 5.73. The molecule has 0 aliphatic heterocycles. The fourth-order valence-electron chi connectivity index (χ4n) is 2.31. The van der Waals surface area contributed by atoms with Gasteiger partial charge in [0.15, 0.2) is 0 Å². The predicted molar refractivity (Wildman–Crippen MR) is 79.5 cm³/mol. The van der Waals surface area contributed by atoms with Crippen molar-refractivity contribution in [1.82, 2.24) is 20.6 Å². The number of hydrazine groups is 1. The normalized spacial score (nSPS) is 12.3. The molecule has 1 unspecified atom stereocenters. The number of hydrogen-bond acceptors (Lipinski definition) is 6. The van der Waals surface area contributed by atoms with Gasteiger partial charge < -0.3 is 4.74 Å². The van der Waals surface area contributed by atoms with Gasteiger partial charge in [-0.05, 0) is 23.8 Å². The van der Waals surface area contributed by atoms with E-state index in [9.17, 15) is 0 Å². The Hall–Kier alpha value is -2.57. The summed E-state index contributed by atoms with van der Waals surface area (Å²) in [6.45, 7) is 0. The minimum atomic E-state index is -0.267. The third-order valence-corrected chi connectivity index (χ3v) is 3.32. The van der Waals surface area contributed by atoms with Crippen LogP contribution in [-0.4, -0.2) is 22.3 Å². The van der Waals surface area contributed by atoms with Crippen molar-refractivity contribution in [2.75, 3.05) is 7.11 Å². The molecule has 3 rings (SSSR count). The van der Waals surface area contributed by atoms with E-state index in [0.29, 0.717) is 5.88 Å². The number of benzene rings is 1. The summed E-state index contributed by atoms with van der Waals surface area (Å²) in [4.78, 5) is 4.35. The van der Waals surface area contributed by atoms with Gasteiger partial charge >= 0.3 is 0 Å². The first kappa shape index (κ1) is 13.4. The summed E-state index contributed by atoms with van der Waals surface area (Å²) < 4.78 is 5.02. The third-order valence-electron chi connectivity index (χ3n) is 3.32. The van der Waals surface area contributed by atoms with E-state index < -0.39 is 0 Å². The number of fused-ring (bicyclic) bond motifs is 1. The maximum atomic E-state index is 5.73. The topological polar surface area (TPSA) is 86.0 Å². The van der Waals surface area contributed by atoms with Crippen molar-refractivity contribution in [2.24, 2.45) is 5.84 Å². The highest BCUT2D eigenvalue weighted by molar-refractivity contribution is 5.82. The zero-order valence-corrected chi connectivity index (χ0v) is 11.5. The molecule has 2 aromatic heterocycles. The molecule has 0 radical (unpaired) electrons. The number of nitrogens with zero attached hydrogens (tertiary/aromatic N) is 3. The van der Waals surface area contributed by atoms with E-state index >= 15 is 0 Å². The van der Waals surface area contributed by atoms with Gasteiger partial charge in [0.05, 0.1) is 24.4 Å². The Labute approximate surface area is 122 Å². The van der Waals surface area contributed by atoms with Gasteiger partial charge in [-0.1, -0.05) is 18.2 Å². The first-order valence-corrected chi connectivity index (χ1v) is 6.51. The van der Waals surface area contributed by atoms with Crippen LogP contribution in [0, 0.1) is 0 Å². The lowest BCUT2D eigenvalue weighted by Gasteiger charge is -2.17. The van der Waals surface area contributed by atoms with Crippen LogP contribution in [0.2, 0.25) is 0 Å². The zero-order chi connectivity index (χ0) is 14.7. The molecule has 2 heterocycles. The highest BCUT2D eigenvalue weighted by atomic mass is 16.5. The average molecular weight is 281 g/mol. The molecule has 0 fully saturated rings. The van der Waals surface area contributed by atoms with Crippen LogP contribution in [-0.2, 0) is 0 Å². The Bertz CT molecular complexity index is 739. The first-order valence-electron chi connectivity index (χ1n) is 6.51. The number of aromatic nitrogens is 3. The van der Waals surface area contributed by atoms with E-state index in [2.05, 4.69) is 20.6 Å². The van der Waals surface area contributed by atoms with Crippen LogP contribution in [0.15, 0.2) is 48.7 Å². The molecule has 1 aromatic carbocycles. The Morgan fingerprint density at radius 3 is 2.71 bits per heavy atom. The van der Waals surface area contributed by atoms with Gasteiger partial charge in [-0.3, -0.25) is 10.8 Å². The Balaban J connectivity index is 2.09. The molecule has 0 saturated heterocycles. The number of hydrogen-bond donors (Lipinski definition) is 2. The van der Waals surface area contributed by atoms with Crippen LogP contribution in [0.3, 0.4) is 0 Å². The molecule has 6 nitrogen and oxygen atoms in total. The monoisotopic (exact) mass is 281 g/mol. The molecule has 1 atom stereocenters. The van der Waals surface area contributed by atoms with Crippen molar-refractivity contribution in [2.45, 2.75) is 6.04 Å². The van der Waals surface area contributed by atoms with Crippen molar-refractivity contribution in [1.29, 1.82) is 0 Å². The number of methoxy groups -OCH3 is 1. The molecule has 106 valence electrons. The fraction of sp³-hybridized carbons (Fsp3) is 0.133. The Morgan fingerprint density at radius 2 is 2.00 bits per heavy atom. The average Bonchev–Trinajstić information content (AvgIpc) is 2.56. The van der Waals surface area contributed by atoms with Crippen molar-refractivity contribution >= 4 is 10.9 Å². The van der Waals surface area contributed by atoms with Gasteiger partial charge in [-0.15, -0.1) is 10.2 Å². The van der Waals surface area contributed by atoms with E-state index in [4.69, 9.17) is 10.6 Å². The molecule has 0 spiro atoms. The molecule has 0 saturated carbocycles. The number of nitrogens with two attached hydrogens (primary N) is 1. The molecule has 3 aromatic rings. The first-order chi connectivity index (χ1) is 10.3. The summed E-state index contributed by atoms with van der Waals surface area (Å²) in [5, 5.41) is 9.18. The minimum Gasteiger partial charge on any atom is -0.480 e. The number of rotatable bonds is 4. The van der Waals surface area contributed by atoms with Gasteiger partial charge in [0.2, 0.25) is 5.88 Å². The second-order valence-corrected chi connectivity index (χ2v) is 4.52. The lowest BCUT2D eigenvalue weighted by Crippen LogP contribution is -2.29. The quantitative estimate of drug-likeness (QED) is 0.558. The van der Waals surface area contributed by atoms with E-state index in [1.807, 2.05) is 36.4 Å². The second kappa shape index (κ2) is 5.82. The summed E-state index contributed by atoms with van der Waals surface area (Å²) in [6.07, 6.45) is 1.77. The predicted octanol–water partition coefficient (Wildman–Crippen LogP) is 1.59. The molecule has 21 heavy (non-hydrogen) atoms. The number of ether oxygens (including phenoxy) is 1. The van der Waals surface area contributed by atoms with E-state index in [-0.39, 0.29) is 6.04 Å². The molecular weight excluding hydrogens is 266 g/mol. The molecule has 0 aliphatic rings. The van der Waals surface area contributed by atoms with E-state index in [1.165, 1.54) is 0 Å². The Morgan fingerprint density at radius 1 is 1.10 bits per heavy atom.